The van der Waals surface area contributed by atoms with Crippen LogP contribution in [0.15, 0.2) is 0 Å². The second-order valence-electron chi connectivity index (χ2n) is 5.63. The Morgan fingerprint density at radius 1 is 0.850 bits per heavy atom. The number of hydrogen-bond donors (Lipinski definition) is 4. The van der Waals surface area contributed by atoms with Crippen molar-refractivity contribution in [2.45, 2.75) is 37.8 Å². The van der Waals surface area contributed by atoms with Crippen LogP contribution in [-0.4, -0.2) is 68.1 Å². The van der Waals surface area contributed by atoms with Gasteiger partial charge < -0.3 is 24.5 Å². The molecule has 0 aromatic carbocycles. The molecule has 10 heteroatoms. The lowest BCUT2D eigenvalue weighted by atomic mass is 9.90. The second-order valence-corrected chi connectivity index (χ2v) is 8.85. The summed E-state index contributed by atoms with van der Waals surface area (Å²) in [5.41, 5.74) is 0. The van der Waals surface area contributed by atoms with Crippen molar-refractivity contribution in [1.82, 2.24) is 9.80 Å². The lowest BCUT2D eigenvalue weighted by Crippen LogP contribution is -2.42. The van der Waals surface area contributed by atoms with Crippen molar-refractivity contribution >= 4 is 15.2 Å². The van der Waals surface area contributed by atoms with E-state index < -0.39 is 27.8 Å². The molecule has 0 aromatic rings. The zero-order chi connectivity index (χ0) is 15.6. The van der Waals surface area contributed by atoms with Crippen LogP contribution in [-0.2, 0) is 9.13 Å². The Kier molecular flexibility index (Phi) is 6.38. The van der Waals surface area contributed by atoms with Crippen LogP contribution in [0.2, 0.25) is 0 Å². The first-order valence-corrected chi connectivity index (χ1v) is 10.1. The van der Waals surface area contributed by atoms with E-state index in [1.54, 1.807) is 0 Å². The van der Waals surface area contributed by atoms with Gasteiger partial charge in [-0.2, -0.15) is 0 Å². The van der Waals surface area contributed by atoms with Crippen LogP contribution in [0.4, 0.5) is 0 Å². The van der Waals surface area contributed by atoms with E-state index in [9.17, 15) is 9.13 Å². The van der Waals surface area contributed by atoms with E-state index >= 15 is 0 Å². The minimum Gasteiger partial charge on any atom is -0.324 e. The van der Waals surface area contributed by atoms with Crippen molar-refractivity contribution < 1.29 is 28.7 Å². The topological polar surface area (TPSA) is 122 Å². The molecule has 0 atom stereocenters. The van der Waals surface area contributed by atoms with Crippen molar-refractivity contribution in [1.29, 1.82) is 0 Å². The minimum absolute atomic E-state index is 0.188. The van der Waals surface area contributed by atoms with E-state index in [-0.39, 0.29) is 6.04 Å². The van der Waals surface area contributed by atoms with Crippen LogP contribution < -0.4 is 0 Å². The van der Waals surface area contributed by atoms with E-state index in [0.717, 1.165) is 12.8 Å². The fourth-order valence-corrected chi connectivity index (χ4v) is 4.45. The molecule has 0 aliphatic heterocycles. The number of hydrogen-bond acceptors (Lipinski definition) is 4. The molecule has 0 spiro atoms. The monoisotopic (exact) mass is 330 g/mol. The lowest BCUT2D eigenvalue weighted by molar-refractivity contribution is 0.134. The Balaban J connectivity index is 2.70. The van der Waals surface area contributed by atoms with Gasteiger partial charge in [-0.25, -0.2) is 0 Å². The van der Waals surface area contributed by atoms with Gasteiger partial charge in [0.15, 0.2) is 0 Å². The van der Waals surface area contributed by atoms with E-state index in [1.807, 2.05) is 14.1 Å². The fraction of sp³-hybridized carbons (Fsp3) is 1.00. The van der Waals surface area contributed by atoms with Crippen LogP contribution in [0.3, 0.4) is 0 Å². The van der Waals surface area contributed by atoms with Gasteiger partial charge in [0.2, 0.25) is 0 Å². The van der Waals surface area contributed by atoms with Gasteiger partial charge in [0.1, 0.15) is 12.6 Å². The van der Waals surface area contributed by atoms with E-state index in [4.69, 9.17) is 19.6 Å². The molecule has 1 fully saturated rings. The van der Waals surface area contributed by atoms with Crippen LogP contribution in [0, 0.1) is 0 Å². The number of nitrogens with zero attached hydrogens (tertiary/aromatic N) is 2. The second kappa shape index (κ2) is 6.99. The highest BCUT2D eigenvalue weighted by Gasteiger charge is 2.33. The van der Waals surface area contributed by atoms with Gasteiger partial charge in [0, 0.05) is 12.1 Å². The fourth-order valence-electron chi connectivity index (χ4n) is 2.69. The third-order valence-corrected chi connectivity index (χ3v) is 5.11. The molecule has 20 heavy (non-hydrogen) atoms. The summed E-state index contributed by atoms with van der Waals surface area (Å²) in [5, 5.41) is 0. The van der Waals surface area contributed by atoms with E-state index in [0.29, 0.717) is 18.9 Å². The first-order valence-electron chi connectivity index (χ1n) is 6.47. The molecule has 0 aromatic heterocycles. The van der Waals surface area contributed by atoms with Gasteiger partial charge >= 0.3 is 15.2 Å². The third kappa shape index (κ3) is 6.78. The van der Waals surface area contributed by atoms with Crippen LogP contribution >= 0.6 is 15.2 Å². The summed E-state index contributed by atoms with van der Waals surface area (Å²) < 4.78 is 22.3. The third-order valence-electron chi connectivity index (χ3n) is 3.64. The van der Waals surface area contributed by atoms with Crippen LogP contribution in [0.5, 0.6) is 0 Å². The van der Waals surface area contributed by atoms with E-state index in [1.165, 1.54) is 4.90 Å². The predicted octanol–water partition coefficient (Wildman–Crippen LogP) is 0.432. The smallest absolute Gasteiger partial charge is 0.324 e. The maximum atomic E-state index is 11.1. The summed E-state index contributed by atoms with van der Waals surface area (Å²) in [6.07, 6.45) is 1.88. The average molecular weight is 330 g/mol. The summed E-state index contributed by atoms with van der Waals surface area (Å²) in [7, 11) is -4.71. The molecule has 0 heterocycles. The maximum Gasteiger partial charge on any atom is 0.339 e. The van der Waals surface area contributed by atoms with Gasteiger partial charge in [-0.3, -0.25) is 14.0 Å². The maximum absolute atomic E-state index is 11.1. The highest BCUT2D eigenvalue weighted by atomic mass is 31.2. The number of rotatable bonds is 6. The molecule has 8 nitrogen and oxygen atoms in total. The predicted molar refractivity (Wildman–Crippen MR) is 75.4 cm³/mol. The molecule has 1 aliphatic rings. The normalized spacial score (nSPS) is 25.4. The molecule has 0 radical (unpaired) electrons. The molecule has 0 saturated heterocycles. The van der Waals surface area contributed by atoms with Crippen molar-refractivity contribution in [2.75, 3.05) is 26.7 Å². The summed E-state index contributed by atoms with van der Waals surface area (Å²) in [6, 6.07) is 0.227. The van der Waals surface area contributed by atoms with Crippen molar-refractivity contribution in [3.63, 3.8) is 0 Å². The molecule has 1 aliphatic carbocycles. The lowest BCUT2D eigenvalue weighted by Gasteiger charge is -2.38. The Morgan fingerprint density at radius 2 is 1.20 bits per heavy atom. The Bertz CT molecular complexity index is 375. The summed E-state index contributed by atoms with van der Waals surface area (Å²) in [6.45, 7) is 0. The molecular formula is C10H24N2O6P2. The highest BCUT2D eigenvalue weighted by Crippen LogP contribution is 2.43. The Labute approximate surface area is 119 Å². The highest BCUT2D eigenvalue weighted by molar-refractivity contribution is 7.52. The quantitative estimate of drug-likeness (QED) is 0.517. The molecule has 0 bridgehead atoms. The van der Waals surface area contributed by atoms with Crippen molar-refractivity contribution in [3.05, 3.63) is 0 Å². The van der Waals surface area contributed by atoms with Gasteiger partial charge in [0.25, 0.3) is 0 Å². The van der Waals surface area contributed by atoms with Crippen LogP contribution in [0.25, 0.3) is 0 Å². The van der Waals surface area contributed by atoms with Gasteiger partial charge in [-0.15, -0.1) is 0 Å². The SMILES string of the molecule is CN(C)C1CCC(N(CP(=O)(O)O)CP(=O)(O)O)CC1. The molecule has 0 unspecified atom stereocenters. The Hall–Kier alpha value is 0.220. The zero-order valence-electron chi connectivity index (χ0n) is 11.8. The molecule has 4 N–H and O–H groups in total. The first-order chi connectivity index (χ1) is 8.98. The summed E-state index contributed by atoms with van der Waals surface area (Å²) >= 11 is 0. The van der Waals surface area contributed by atoms with Gasteiger partial charge in [-0.05, 0) is 39.8 Å². The van der Waals surface area contributed by atoms with Crippen molar-refractivity contribution in [2.24, 2.45) is 0 Å². The standard InChI is InChI=1S/C10H24N2O6P2/c1-11(2)9-3-5-10(6-4-9)12(7-19(13,14)15)8-20(16,17)18/h9-10H,3-8H2,1-2H3,(H2,13,14,15)(H2,16,17,18). The van der Waals surface area contributed by atoms with Gasteiger partial charge in [-0.1, -0.05) is 0 Å². The Morgan fingerprint density at radius 3 is 1.50 bits per heavy atom. The molecule has 0 amide bonds. The molecular weight excluding hydrogens is 306 g/mol. The molecule has 1 rings (SSSR count). The molecule has 1 saturated carbocycles. The first kappa shape index (κ1) is 18.3. The molecule has 120 valence electrons. The largest absolute Gasteiger partial charge is 0.339 e. The van der Waals surface area contributed by atoms with Crippen LogP contribution in [0.1, 0.15) is 25.7 Å². The van der Waals surface area contributed by atoms with Crippen molar-refractivity contribution in [3.8, 4) is 0 Å². The summed E-state index contributed by atoms with van der Waals surface area (Å²) in [5.74, 6) is 0. The average Bonchev–Trinajstić information content (AvgIpc) is 2.24. The summed E-state index contributed by atoms with van der Waals surface area (Å²) in [4.78, 5) is 39.6. The van der Waals surface area contributed by atoms with E-state index in [2.05, 4.69) is 4.90 Å². The minimum atomic E-state index is -4.34. The van der Waals surface area contributed by atoms with Gasteiger partial charge in [0.05, 0.1) is 0 Å². The zero-order valence-corrected chi connectivity index (χ0v) is 13.6.